The first-order valence-electron chi connectivity index (χ1n) is 9.25. The number of amides is 1. The Morgan fingerprint density at radius 2 is 1.24 bits per heavy atom. The number of sulfonamides is 1. The highest BCUT2D eigenvalue weighted by Crippen LogP contribution is 2.24. The zero-order valence-electron chi connectivity index (χ0n) is 16.6. The summed E-state index contributed by atoms with van der Waals surface area (Å²) in [5, 5.41) is 2.81. The Labute approximate surface area is 171 Å². The van der Waals surface area contributed by atoms with Gasteiger partial charge >= 0.3 is 0 Å². The SMILES string of the molecule is CC(C)(C)C(=O)Nc1ccc(NS(=O)(=O)c2ccc(-c3ccccc3)cc2)cc1. The summed E-state index contributed by atoms with van der Waals surface area (Å²) in [6.45, 7) is 5.48. The highest BCUT2D eigenvalue weighted by molar-refractivity contribution is 7.92. The molecule has 6 heteroatoms. The Kier molecular flexibility index (Phi) is 5.75. The number of carbonyl (C=O) groups is 1. The Balaban J connectivity index is 1.71. The molecule has 0 heterocycles. The van der Waals surface area contributed by atoms with Crippen molar-refractivity contribution in [2.45, 2.75) is 25.7 Å². The normalized spacial score (nSPS) is 11.7. The highest BCUT2D eigenvalue weighted by Gasteiger charge is 2.21. The van der Waals surface area contributed by atoms with Crippen LogP contribution in [-0.2, 0) is 14.8 Å². The van der Waals surface area contributed by atoms with E-state index in [0.717, 1.165) is 11.1 Å². The molecule has 3 rings (SSSR count). The molecule has 0 fully saturated rings. The molecule has 1 amide bonds. The van der Waals surface area contributed by atoms with Gasteiger partial charge in [0.2, 0.25) is 5.91 Å². The van der Waals surface area contributed by atoms with Gasteiger partial charge < -0.3 is 5.32 Å². The first kappa shape index (κ1) is 20.6. The fourth-order valence-corrected chi connectivity index (χ4v) is 3.67. The maximum absolute atomic E-state index is 12.7. The third-order valence-corrected chi connectivity index (χ3v) is 5.75. The second kappa shape index (κ2) is 8.09. The molecule has 0 atom stereocenters. The summed E-state index contributed by atoms with van der Waals surface area (Å²) in [7, 11) is -3.71. The lowest BCUT2D eigenvalue weighted by Gasteiger charge is -2.17. The van der Waals surface area contributed by atoms with Crippen molar-refractivity contribution < 1.29 is 13.2 Å². The minimum Gasteiger partial charge on any atom is -0.326 e. The Morgan fingerprint density at radius 3 is 1.79 bits per heavy atom. The summed E-state index contributed by atoms with van der Waals surface area (Å²) in [5.41, 5.74) is 2.50. The molecular weight excluding hydrogens is 384 g/mol. The molecule has 0 spiro atoms. The number of benzene rings is 3. The number of hydrogen-bond acceptors (Lipinski definition) is 3. The van der Waals surface area contributed by atoms with Crippen molar-refractivity contribution >= 4 is 27.3 Å². The van der Waals surface area contributed by atoms with Crippen LogP contribution in [-0.4, -0.2) is 14.3 Å². The summed E-state index contributed by atoms with van der Waals surface area (Å²) in [5.74, 6) is -0.107. The van der Waals surface area contributed by atoms with Crippen LogP contribution in [0.15, 0.2) is 83.8 Å². The van der Waals surface area contributed by atoms with Gasteiger partial charge in [0.05, 0.1) is 4.90 Å². The number of nitrogens with one attached hydrogen (secondary N) is 2. The smallest absolute Gasteiger partial charge is 0.261 e. The van der Waals surface area contributed by atoms with Gasteiger partial charge in [0, 0.05) is 16.8 Å². The van der Waals surface area contributed by atoms with Crippen molar-refractivity contribution in [2.75, 3.05) is 10.0 Å². The van der Waals surface area contributed by atoms with Crippen LogP contribution < -0.4 is 10.0 Å². The summed E-state index contributed by atoms with van der Waals surface area (Å²) < 4.78 is 27.9. The fraction of sp³-hybridized carbons (Fsp3) is 0.174. The van der Waals surface area contributed by atoms with Crippen LogP contribution in [0.2, 0.25) is 0 Å². The van der Waals surface area contributed by atoms with Crippen molar-refractivity contribution in [3.05, 3.63) is 78.9 Å². The van der Waals surface area contributed by atoms with Gasteiger partial charge in [-0.2, -0.15) is 0 Å². The second-order valence-electron chi connectivity index (χ2n) is 7.78. The van der Waals surface area contributed by atoms with Gasteiger partial charge in [0.25, 0.3) is 10.0 Å². The van der Waals surface area contributed by atoms with E-state index in [4.69, 9.17) is 0 Å². The maximum Gasteiger partial charge on any atom is 0.261 e. The van der Waals surface area contributed by atoms with Gasteiger partial charge in [-0.25, -0.2) is 8.42 Å². The van der Waals surface area contributed by atoms with E-state index >= 15 is 0 Å². The van der Waals surface area contributed by atoms with Crippen LogP contribution in [0, 0.1) is 5.41 Å². The van der Waals surface area contributed by atoms with E-state index in [1.165, 1.54) is 0 Å². The summed E-state index contributed by atoms with van der Waals surface area (Å²) in [6.07, 6.45) is 0. The van der Waals surface area contributed by atoms with E-state index in [1.54, 1.807) is 48.5 Å². The van der Waals surface area contributed by atoms with E-state index in [-0.39, 0.29) is 10.8 Å². The van der Waals surface area contributed by atoms with E-state index in [0.29, 0.717) is 11.4 Å². The molecule has 0 aliphatic rings. The molecule has 0 saturated carbocycles. The first-order valence-corrected chi connectivity index (χ1v) is 10.7. The molecule has 0 aromatic heterocycles. The molecule has 3 aromatic rings. The molecular formula is C23H24N2O3S. The largest absolute Gasteiger partial charge is 0.326 e. The zero-order valence-corrected chi connectivity index (χ0v) is 17.5. The third kappa shape index (κ3) is 5.23. The zero-order chi connectivity index (χ0) is 21.1. The number of hydrogen-bond donors (Lipinski definition) is 2. The quantitative estimate of drug-likeness (QED) is 0.614. The van der Waals surface area contributed by atoms with Crippen molar-refractivity contribution in [3.63, 3.8) is 0 Å². The van der Waals surface area contributed by atoms with Gasteiger partial charge in [0.15, 0.2) is 0 Å². The first-order chi connectivity index (χ1) is 13.6. The van der Waals surface area contributed by atoms with Crippen LogP contribution >= 0.6 is 0 Å². The molecule has 29 heavy (non-hydrogen) atoms. The molecule has 0 saturated heterocycles. The Morgan fingerprint density at radius 1 is 0.724 bits per heavy atom. The molecule has 5 nitrogen and oxygen atoms in total. The van der Waals surface area contributed by atoms with Crippen molar-refractivity contribution in [1.82, 2.24) is 0 Å². The lowest BCUT2D eigenvalue weighted by atomic mass is 9.95. The molecule has 0 aliphatic carbocycles. The van der Waals surface area contributed by atoms with E-state index in [2.05, 4.69) is 10.0 Å². The van der Waals surface area contributed by atoms with Crippen molar-refractivity contribution in [3.8, 4) is 11.1 Å². The van der Waals surface area contributed by atoms with E-state index in [9.17, 15) is 13.2 Å². The lowest BCUT2D eigenvalue weighted by molar-refractivity contribution is -0.123. The molecule has 150 valence electrons. The monoisotopic (exact) mass is 408 g/mol. The number of anilines is 2. The van der Waals surface area contributed by atoms with Crippen LogP contribution in [0.5, 0.6) is 0 Å². The molecule has 0 bridgehead atoms. The molecule has 0 radical (unpaired) electrons. The molecule has 0 aliphatic heterocycles. The standard InChI is InChI=1S/C23H24N2O3S/c1-23(2,3)22(26)24-19-11-13-20(14-12-19)25-29(27,28)21-15-9-18(10-16-21)17-7-5-4-6-8-17/h4-16,25H,1-3H3,(H,24,26). The predicted molar refractivity (Wildman–Crippen MR) is 117 cm³/mol. The average molecular weight is 409 g/mol. The van der Waals surface area contributed by atoms with Gasteiger partial charge in [-0.05, 0) is 47.5 Å². The van der Waals surface area contributed by atoms with Crippen molar-refractivity contribution in [2.24, 2.45) is 5.41 Å². The van der Waals surface area contributed by atoms with Gasteiger partial charge in [-0.3, -0.25) is 9.52 Å². The summed E-state index contributed by atoms with van der Waals surface area (Å²) in [6, 6.07) is 23.1. The Bertz CT molecular complexity index is 1080. The van der Waals surface area contributed by atoms with Gasteiger partial charge in [-0.1, -0.05) is 63.2 Å². The van der Waals surface area contributed by atoms with Crippen LogP contribution in [0.4, 0.5) is 11.4 Å². The minimum absolute atomic E-state index is 0.107. The highest BCUT2D eigenvalue weighted by atomic mass is 32.2. The average Bonchev–Trinajstić information content (AvgIpc) is 2.69. The third-order valence-electron chi connectivity index (χ3n) is 4.35. The van der Waals surface area contributed by atoms with Gasteiger partial charge in [-0.15, -0.1) is 0 Å². The minimum atomic E-state index is -3.71. The number of carbonyl (C=O) groups excluding carboxylic acids is 1. The molecule has 0 unspecified atom stereocenters. The second-order valence-corrected chi connectivity index (χ2v) is 9.46. The molecule has 3 aromatic carbocycles. The van der Waals surface area contributed by atoms with Crippen molar-refractivity contribution in [1.29, 1.82) is 0 Å². The fourth-order valence-electron chi connectivity index (χ4n) is 2.61. The predicted octanol–water partition coefficient (Wildman–Crippen LogP) is 5.14. The Hall–Kier alpha value is -3.12. The van der Waals surface area contributed by atoms with Crippen LogP contribution in [0.25, 0.3) is 11.1 Å². The van der Waals surface area contributed by atoms with Gasteiger partial charge in [0.1, 0.15) is 0 Å². The van der Waals surface area contributed by atoms with E-state index in [1.807, 2.05) is 51.1 Å². The topological polar surface area (TPSA) is 75.3 Å². The van der Waals surface area contributed by atoms with Crippen LogP contribution in [0.1, 0.15) is 20.8 Å². The summed E-state index contributed by atoms with van der Waals surface area (Å²) >= 11 is 0. The van der Waals surface area contributed by atoms with Crippen LogP contribution in [0.3, 0.4) is 0 Å². The summed E-state index contributed by atoms with van der Waals surface area (Å²) in [4.78, 5) is 12.2. The van der Waals surface area contributed by atoms with E-state index < -0.39 is 15.4 Å². The number of rotatable bonds is 5. The molecule has 2 N–H and O–H groups in total. The lowest BCUT2D eigenvalue weighted by Crippen LogP contribution is -2.27. The maximum atomic E-state index is 12.7.